The van der Waals surface area contributed by atoms with Crippen molar-refractivity contribution in [1.82, 2.24) is 14.8 Å². The van der Waals surface area contributed by atoms with Crippen LogP contribution in [0.15, 0.2) is 42.6 Å². The number of ether oxygens (including phenoxy) is 1. The van der Waals surface area contributed by atoms with Gasteiger partial charge in [-0.2, -0.15) is 0 Å². The van der Waals surface area contributed by atoms with E-state index in [0.29, 0.717) is 24.5 Å². The molecule has 28 heavy (non-hydrogen) atoms. The molecule has 3 rings (SSSR count). The molecule has 8 heteroatoms. The number of urea groups is 1. The number of anilines is 1. The van der Waals surface area contributed by atoms with Crippen molar-refractivity contribution in [1.29, 1.82) is 0 Å². The van der Waals surface area contributed by atoms with Gasteiger partial charge in [0.2, 0.25) is 0 Å². The molecule has 148 valence electrons. The van der Waals surface area contributed by atoms with Gasteiger partial charge in [0.15, 0.2) is 0 Å². The first-order chi connectivity index (χ1) is 13.5. The Morgan fingerprint density at radius 1 is 1.11 bits per heavy atom. The minimum atomic E-state index is -1.03. The summed E-state index contributed by atoms with van der Waals surface area (Å²) in [7, 11) is 3.63. The van der Waals surface area contributed by atoms with Gasteiger partial charge in [0.25, 0.3) is 0 Å². The first-order valence-electron chi connectivity index (χ1n) is 9.05. The molecule has 1 aromatic heterocycles. The fourth-order valence-corrected chi connectivity index (χ4v) is 3.01. The predicted molar refractivity (Wildman–Crippen MR) is 105 cm³/mol. The maximum atomic E-state index is 13.2. The number of hydrogen-bond donors (Lipinski definition) is 1. The Balaban J connectivity index is 1.84. The number of piperazine rings is 1. The van der Waals surface area contributed by atoms with E-state index in [1.54, 1.807) is 30.2 Å². The van der Waals surface area contributed by atoms with Crippen molar-refractivity contribution in [3.63, 3.8) is 0 Å². The lowest BCUT2D eigenvalue weighted by Gasteiger charge is -2.36. The first kappa shape index (κ1) is 19.6. The first-order valence-corrected chi connectivity index (χ1v) is 9.05. The third kappa shape index (κ3) is 4.58. The summed E-state index contributed by atoms with van der Waals surface area (Å²) in [6.45, 7) is 3.22. The summed E-state index contributed by atoms with van der Waals surface area (Å²) in [5, 5.41) is 9.04. The van der Waals surface area contributed by atoms with Crippen LogP contribution in [0.3, 0.4) is 0 Å². The summed E-state index contributed by atoms with van der Waals surface area (Å²) < 4.78 is 5.20. The number of likely N-dealkylation sites (N-methyl/N-ethyl adjacent to an activating group) is 1. The predicted octanol–water partition coefficient (Wildman–Crippen LogP) is 2.16. The molecular formula is C20H24N4O4. The molecule has 0 unspecified atom stereocenters. The highest BCUT2D eigenvalue weighted by molar-refractivity contribution is 5.92. The van der Waals surface area contributed by atoms with Crippen LogP contribution < -0.4 is 9.64 Å². The van der Waals surface area contributed by atoms with Crippen molar-refractivity contribution < 1.29 is 19.4 Å². The Kier molecular flexibility index (Phi) is 6.10. The van der Waals surface area contributed by atoms with Crippen molar-refractivity contribution >= 4 is 17.7 Å². The molecule has 1 aliphatic rings. The molecule has 0 saturated carbocycles. The van der Waals surface area contributed by atoms with Crippen LogP contribution in [0, 0.1) is 0 Å². The van der Waals surface area contributed by atoms with E-state index < -0.39 is 5.97 Å². The fourth-order valence-electron chi connectivity index (χ4n) is 3.01. The number of benzene rings is 1. The molecule has 1 fully saturated rings. The molecule has 1 saturated heterocycles. The van der Waals surface area contributed by atoms with Gasteiger partial charge in [-0.15, -0.1) is 0 Å². The maximum Gasteiger partial charge on any atom is 0.337 e. The molecule has 0 spiro atoms. The molecule has 0 bridgehead atoms. The van der Waals surface area contributed by atoms with Crippen LogP contribution in [0.1, 0.15) is 16.1 Å². The number of carbonyl (C=O) groups is 2. The standard InChI is InChI=1S/C20H24N4O4/c1-22-9-11-23(12-10-22)20(27)24(17-5-7-18(28-2)8-6-17)14-16-4-3-15(13-21-16)19(25)26/h3-8,13H,9-12,14H2,1-2H3,(H,25,26). The van der Waals surface area contributed by atoms with Crippen LogP contribution in [-0.2, 0) is 6.54 Å². The van der Waals surface area contributed by atoms with E-state index in [2.05, 4.69) is 9.88 Å². The zero-order chi connectivity index (χ0) is 20.1. The summed E-state index contributed by atoms with van der Waals surface area (Å²) >= 11 is 0. The minimum absolute atomic E-state index is 0.0950. The van der Waals surface area contributed by atoms with Crippen molar-refractivity contribution in [2.45, 2.75) is 6.54 Å². The molecule has 1 N–H and O–H groups in total. The molecule has 0 aliphatic carbocycles. The number of aromatic nitrogens is 1. The van der Waals surface area contributed by atoms with Crippen LogP contribution in [0.4, 0.5) is 10.5 Å². The van der Waals surface area contributed by atoms with Crippen molar-refractivity contribution in [2.24, 2.45) is 0 Å². The second kappa shape index (κ2) is 8.71. The van der Waals surface area contributed by atoms with Crippen LogP contribution >= 0.6 is 0 Å². The highest BCUT2D eigenvalue weighted by Crippen LogP contribution is 2.23. The number of hydrogen-bond acceptors (Lipinski definition) is 5. The fraction of sp³-hybridized carbons (Fsp3) is 0.350. The van der Waals surface area contributed by atoms with Gasteiger partial charge in [0.05, 0.1) is 24.9 Å². The molecule has 0 atom stereocenters. The Morgan fingerprint density at radius 3 is 2.32 bits per heavy atom. The second-order valence-electron chi connectivity index (χ2n) is 6.70. The van der Waals surface area contributed by atoms with E-state index in [1.165, 1.54) is 12.3 Å². The Labute approximate surface area is 163 Å². The number of carboxylic acid groups (broad SMARTS) is 1. The number of carboxylic acids is 1. The molecule has 1 aromatic carbocycles. The third-order valence-electron chi connectivity index (χ3n) is 4.78. The number of amides is 2. The topological polar surface area (TPSA) is 86.2 Å². The van der Waals surface area contributed by atoms with Crippen LogP contribution in [0.25, 0.3) is 0 Å². The smallest absolute Gasteiger partial charge is 0.337 e. The van der Waals surface area contributed by atoms with Gasteiger partial charge < -0.3 is 19.6 Å². The minimum Gasteiger partial charge on any atom is -0.497 e. The quantitative estimate of drug-likeness (QED) is 0.850. The van der Waals surface area contributed by atoms with Gasteiger partial charge in [-0.05, 0) is 43.4 Å². The van der Waals surface area contributed by atoms with Gasteiger partial charge in [0, 0.05) is 38.1 Å². The zero-order valence-corrected chi connectivity index (χ0v) is 16.0. The highest BCUT2D eigenvalue weighted by atomic mass is 16.5. The molecule has 2 aromatic rings. The van der Waals surface area contributed by atoms with Gasteiger partial charge in [-0.25, -0.2) is 9.59 Å². The second-order valence-corrected chi connectivity index (χ2v) is 6.70. The SMILES string of the molecule is COc1ccc(N(Cc2ccc(C(=O)O)cn2)C(=O)N2CCN(C)CC2)cc1. The lowest BCUT2D eigenvalue weighted by molar-refractivity contribution is 0.0696. The maximum absolute atomic E-state index is 13.2. The summed E-state index contributed by atoms with van der Waals surface area (Å²) in [6, 6.07) is 10.3. The van der Waals surface area contributed by atoms with Gasteiger partial charge in [-0.3, -0.25) is 9.88 Å². The van der Waals surface area contributed by atoms with Crippen molar-refractivity contribution in [3.8, 4) is 5.75 Å². The monoisotopic (exact) mass is 384 g/mol. The van der Waals surface area contributed by atoms with E-state index in [4.69, 9.17) is 9.84 Å². The summed E-state index contributed by atoms with van der Waals surface area (Å²) in [4.78, 5) is 34.1. The van der Waals surface area contributed by atoms with E-state index in [-0.39, 0.29) is 18.1 Å². The highest BCUT2D eigenvalue weighted by Gasteiger charge is 2.26. The summed E-state index contributed by atoms with van der Waals surface area (Å²) in [6.07, 6.45) is 1.31. The Hall–Kier alpha value is -3.13. The zero-order valence-electron chi connectivity index (χ0n) is 16.0. The van der Waals surface area contributed by atoms with Crippen LogP contribution in [-0.4, -0.2) is 72.2 Å². The molecule has 2 heterocycles. The largest absolute Gasteiger partial charge is 0.497 e. The number of carbonyl (C=O) groups excluding carboxylic acids is 1. The van der Waals surface area contributed by atoms with Gasteiger partial charge in [-0.1, -0.05) is 0 Å². The molecule has 2 amide bonds. The van der Waals surface area contributed by atoms with E-state index >= 15 is 0 Å². The summed E-state index contributed by atoms with van der Waals surface area (Å²) in [5.41, 5.74) is 1.46. The van der Waals surface area contributed by atoms with Gasteiger partial charge >= 0.3 is 12.0 Å². The lowest BCUT2D eigenvalue weighted by atomic mass is 10.2. The van der Waals surface area contributed by atoms with Gasteiger partial charge in [0.1, 0.15) is 5.75 Å². The van der Waals surface area contributed by atoms with Crippen molar-refractivity contribution in [2.75, 3.05) is 45.2 Å². The summed E-state index contributed by atoms with van der Waals surface area (Å²) in [5.74, 6) is -0.320. The Morgan fingerprint density at radius 2 is 1.79 bits per heavy atom. The number of rotatable bonds is 5. The van der Waals surface area contributed by atoms with E-state index in [1.807, 2.05) is 24.1 Å². The van der Waals surface area contributed by atoms with Crippen molar-refractivity contribution in [3.05, 3.63) is 53.9 Å². The molecule has 0 radical (unpaired) electrons. The number of aromatic carboxylic acids is 1. The van der Waals surface area contributed by atoms with E-state index in [9.17, 15) is 9.59 Å². The molecule has 8 nitrogen and oxygen atoms in total. The van der Waals surface area contributed by atoms with E-state index in [0.717, 1.165) is 18.8 Å². The normalized spacial score (nSPS) is 14.6. The lowest BCUT2D eigenvalue weighted by Crippen LogP contribution is -2.52. The number of methoxy groups -OCH3 is 1. The molecular weight excluding hydrogens is 360 g/mol. The van der Waals surface area contributed by atoms with Crippen LogP contribution in [0.2, 0.25) is 0 Å². The third-order valence-corrected chi connectivity index (χ3v) is 4.78. The average Bonchev–Trinajstić information content (AvgIpc) is 2.72. The Bertz CT molecular complexity index is 815. The van der Waals surface area contributed by atoms with Crippen LogP contribution in [0.5, 0.6) is 5.75 Å². The number of pyridine rings is 1. The average molecular weight is 384 g/mol. The number of nitrogens with zero attached hydrogens (tertiary/aromatic N) is 4. The molecule has 1 aliphatic heterocycles.